The number of hydrogen-bond donors (Lipinski definition) is 1. The largest absolute Gasteiger partial charge is 0.354 e. The normalized spacial score (nSPS) is 13.9. The molecule has 1 amide bonds. The van der Waals surface area contributed by atoms with E-state index in [1.165, 1.54) is 46.5 Å². The summed E-state index contributed by atoms with van der Waals surface area (Å²) in [5, 5.41) is 4.35. The van der Waals surface area contributed by atoms with Crippen molar-refractivity contribution in [1.82, 2.24) is 14.5 Å². The summed E-state index contributed by atoms with van der Waals surface area (Å²) in [6, 6.07) is 5.28. The van der Waals surface area contributed by atoms with Crippen LogP contribution in [0.4, 0.5) is 4.39 Å². The second-order valence-electron chi connectivity index (χ2n) is 7.45. The number of nitrogens with one attached hydrogen (secondary N) is 1. The van der Waals surface area contributed by atoms with Gasteiger partial charge >= 0.3 is 5.69 Å². The first-order valence-corrected chi connectivity index (χ1v) is 11.3. The van der Waals surface area contributed by atoms with Crippen molar-refractivity contribution >= 4 is 39.1 Å². The quantitative estimate of drug-likeness (QED) is 0.563. The van der Waals surface area contributed by atoms with Crippen LogP contribution < -0.4 is 16.6 Å². The van der Waals surface area contributed by atoms with E-state index in [0.29, 0.717) is 16.8 Å². The molecule has 0 saturated carbocycles. The van der Waals surface area contributed by atoms with Crippen LogP contribution in [-0.2, 0) is 11.3 Å². The van der Waals surface area contributed by atoms with Crippen molar-refractivity contribution in [2.45, 2.75) is 38.6 Å². The van der Waals surface area contributed by atoms with Crippen molar-refractivity contribution < 1.29 is 9.18 Å². The third-order valence-electron chi connectivity index (χ3n) is 5.37. The molecule has 0 saturated heterocycles. The van der Waals surface area contributed by atoms with Crippen molar-refractivity contribution in [2.24, 2.45) is 0 Å². The molecular weight excluding hydrogens is 441 g/mol. The Labute approximate surface area is 186 Å². The highest BCUT2D eigenvalue weighted by Gasteiger charge is 2.18. The van der Waals surface area contributed by atoms with Gasteiger partial charge in [-0.3, -0.25) is 14.2 Å². The molecule has 1 aromatic carbocycles. The summed E-state index contributed by atoms with van der Waals surface area (Å²) in [4.78, 5) is 38.6. The molecule has 2 aromatic heterocycles. The number of hydrogen-bond acceptors (Lipinski definition) is 4. The third-order valence-corrected chi connectivity index (χ3v) is 6.55. The molecule has 0 fully saturated rings. The zero-order valence-corrected chi connectivity index (χ0v) is 18.3. The Morgan fingerprint density at radius 3 is 2.81 bits per heavy atom. The molecule has 0 aliphatic heterocycles. The second-order valence-corrected chi connectivity index (χ2v) is 8.77. The molecule has 3 aromatic rings. The summed E-state index contributed by atoms with van der Waals surface area (Å²) in [5.74, 6) is -0.961. The van der Waals surface area contributed by atoms with Crippen molar-refractivity contribution in [3.8, 4) is 5.69 Å². The first-order valence-electron chi connectivity index (χ1n) is 10.1. The molecule has 0 atom stereocenters. The van der Waals surface area contributed by atoms with Gasteiger partial charge in [0.1, 0.15) is 17.1 Å². The van der Waals surface area contributed by atoms with Crippen LogP contribution in [0.15, 0.2) is 50.9 Å². The topological polar surface area (TPSA) is 73.1 Å². The van der Waals surface area contributed by atoms with Gasteiger partial charge in [0.2, 0.25) is 5.91 Å². The Kier molecular flexibility index (Phi) is 6.38. The van der Waals surface area contributed by atoms with Crippen LogP contribution in [0.25, 0.3) is 15.9 Å². The number of halogens is 2. The maximum absolute atomic E-state index is 13.6. The Balaban J connectivity index is 1.63. The Morgan fingerprint density at radius 1 is 1.23 bits per heavy atom. The minimum Gasteiger partial charge on any atom is -0.354 e. The fourth-order valence-electron chi connectivity index (χ4n) is 3.79. The SMILES string of the molecule is O=C(Cn1c(=O)n(-c2ccc(F)c(Cl)c2)c(=O)c2sccc21)NCCC1=CCCCC1. The molecule has 1 N–H and O–H groups in total. The molecule has 4 rings (SSSR count). The summed E-state index contributed by atoms with van der Waals surface area (Å²) < 4.78 is 16.1. The van der Waals surface area contributed by atoms with Gasteiger partial charge in [0, 0.05) is 6.54 Å². The van der Waals surface area contributed by atoms with Crippen molar-refractivity contribution in [3.05, 3.63) is 73.0 Å². The van der Waals surface area contributed by atoms with Gasteiger partial charge in [-0.25, -0.2) is 13.8 Å². The molecule has 0 radical (unpaired) electrons. The molecule has 0 spiro atoms. The maximum Gasteiger partial charge on any atom is 0.336 e. The number of amides is 1. The fraction of sp³-hybridized carbons (Fsp3) is 0.318. The van der Waals surface area contributed by atoms with Crippen LogP contribution in [0.5, 0.6) is 0 Å². The highest BCUT2D eigenvalue weighted by atomic mass is 35.5. The number of nitrogens with zero attached hydrogens (tertiary/aromatic N) is 2. The van der Waals surface area contributed by atoms with E-state index in [0.717, 1.165) is 29.9 Å². The van der Waals surface area contributed by atoms with Gasteiger partial charge in [-0.2, -0.15) is 0 Å². The Hall–Kier alpha value is -2.71. The lowest BCUT2D eigenvalue weighted by Gasteiger charge is -2.14. The summed E-state index contributed by atoms with van der Waals surface area (Å²) in [6.45, 7) is 0.278. The fourth-order valence-corrected chi connectivity index (χ4v) is 4.78. The van der Waals surface area contributed by atoms with Crippen LogP contribution in [0.3, 0.4) is 0 Å². The molecule has 1 aliphatic rings. The number of aromatic nitrogens is 2. The average Bonchev–Trinajstić information content (AvgIpc) is 3.25. The molecule has 2 heterocycles. The summed E-state index contributed by atoms with van der Waals surface area (Å²) >= 11 is 7.02. The lowest BCUT2D eigenvalue weighted by Crippen LogP contribution is -2.41. The van der Waals surface area contributed by atoms with Crippen LogP contribution in [0.2, 0.25) is 5.02 Å². The van der Waals surface area contributed by atoms with E-state index in [1.807, 2.05) is 0 Å². The first kappa shape index (κ1) is 21.5. The van der Waals surface area contributed by atoms with Gasteiger partial charge in [0.15, 0.2) is 0 Å². The van der Waals surface area contributed by atoms with Crippen molar-refractivity contribution in [3.63, 3.8) is 0 Å². The van der Waals surface area contributed by atoms with Gasteiger partial charge in [-0.1, -0.05) is 23.3 Å². The van der Waals surface area contributed by atoms with Gasteiger partial charge < -0.3 is 5.32 Å². The van der Waals surface area contributed by atoms with E-state index in [4.69, 9.17) is 11.6 Å². The predicted octanol–water partition coefficient (Wildman–Crippen LogP) is 4.01. The van der Waals surface area contributed by atoms with Crippen LogP contribution in [-0.4, -0.2) is 21.6 Å². The third kappa shape index (κ3) is 4.50. The molecular formula is C22H21ClFN3O3S. The molecule has 6 nitrogen and oxygen atoms in total. The van der Waals surface area contributed by atoms with Crippen LogP contribution in [0.1, 0.15) is 32.1 Å². The molecule has 31 heavy (non-hydrogen) atoms. The van der Waals surface area contributed by atoms with Crippen molar-refractivity contribution in [1.29, 1.82) is 0 Å². The van der Waals surface area contributed by atoms with Crippen LogP contribution in [0, 0.1) is 5.82 Å². The maximum atomic E-state index is 13.6. The van der Waals surface area contributed by atoms with E-state index in [2.05, 4.69) is 11.4 Å². The molecule has 0 bridgehead atoms. The number of thiophene rings is 1. The summed E-state index contributed by atoms with van der Waals surface area (Å²) in [6.07, 6.45) is 7.57. The van der Waals surface area contributed by atoms with Gasteiger partial charge in [0.05, 0.1) is 16.2 Å². The van der Waals surface area contributed by atoms with Gasteiger partial charge in [-0.15, -0.1) is 11.3 Å². The summed E-state index contributed by atoms with van der Waals surface area (Å²) in [5.41, 5.74) is 0.692. The minimum atomic E-state index is -0.677. The van der Waals surface area contributed by atoms with E-state index >= 15 is 0 Å². The van der Waals surface area contributed by atoms with Gasteiger partial charge in [0.25, 0.3) is 5.56 Å². The second kappa shape index (κ2) is 9.20. The number of carbonyl (C=O) groups excluding carboxylic acids is 1. The average molecular weight is 462 g/mol. The zero-order chi connectivity index (χ0) is 22.0. The van der Waals surface area contributed by atoms with E-state index in [-0.39, 0.29) is 23.2 Å². The van der Waals surface area contributed by atoms with Crippen LogP contribution >= 0.6 is 22.9 Å². The lowest BCUT2D eigenvalue weighted by molar-refractivity contribution is -0.121. The van der Waals surface area contributed by atoms with Gasteiger partial charge in [-0.05, 0) is 61.7 Å². The molecule has 162 valence electrons. The predicted molar refractivity (Wildman–Crippen MR) is 121 cm³/mol. The Morgan fingerprint density at radius 2 is 2.06 bits per heavy atom. The summed E-state index contributed by atoms with van der Waals surface area (Å²) in [7, 11) is 0. The monoisotopic (exact) mass is 461 g/mol. The van der Waals surface area contributed by atoms with E-state index in [1.54, 1.807) is 11.4 Å². The smallest absolute Gasteiger partial charge is 0.336 e. The highest BCUT2D eigenvalue weighted by Crippen LogP contribution is 2.21. The molecule has 0 unspecified atom stereocenters. The minimum absolute atomic E-state index is 0.148. The standard InChI is InChI=1S/C22H21ClFN3O3S/c23-16-12-15(6-7-17(16)24)27-21(29)20-18(9-11-31-20)26(22(27)30)13-19(28)25-10-8-14-4-2-1-3-5-14/h4,6-7,9,11-12H,1-3,5,8,10,13H2,(H,25,28). The number of fused-ring (bicyclic) bond motifs is 1. The number of rotatable bonds is 6. The number of benzene rings is 1. The lowest BCUT2D eigenvalue weighted by atomic mass is 9.97. The van der Waals surface area contributed by atoms with E-state index < -0.39 is 17.1 Å². The van der Waals surface area contributed by atoms with E-state index in [9.17, 15) is 18.8 Å². The zero-order valence-electron chi connectivity index (χ0n) is 16.7. The first-order chi connectivity index (χ1) is 15.0. The molecule has 9 heteroatoms. The van der Waals surface area contributed by atoms with Crippen molar-refractivity contribution in [2.75, 3.05) is 6.54 Å². The molecule has 1 aliphatic carbocycles. The number of carbonyl (C=O) groups is 1. The Bertz CT molecular complexity index is 1290. The highest BCUT2D eigenvalue weighted by molar-refractivity contribution is 7.17. The number of allylic oxidation sites excluding steroid dienone is 1.